The van der Waals surface area contributed by atoms with E-state index in [1.165, 1.54) is 18.2 Å². The molecule has 0 bridgehead atoms. The summed E-state index contributed by atoms with van der Waals surface area (Å²) >= 11 is 6.13. The molecule has 0 saturated heterocycles. The number of nitrogens with one attached hydrogen (secondary N) is 2. The summed E-state index contributed by atoms with van der Waals surface area (Å²) in [6, 6.07) is 9.54. The highest BCUT2D eigenvalue weighted by Gasteiger charge is 2.23. The van der Waals surface area contributed by atoms with E-state index in [1.54, 1.807) is 18.3 Å². The summed E-state index contributed by atoms with van der Waals surface area (Å²) in [6.45, 7) is 0. The number of carbonyl (C=O) groups excluding carboxylic acids is 1. The Bertz CT molecular complexity index is 1220. The van der Waals surface area contributed by atoms with Crippen molar-refractivity contribution in [3.8, 4) is 11.5 Å². The van der Waals surface area contributed by atoms with Gasteiger partial charge in [-0.25, -0.2) is 8.42 Å². The molecule has 2 aromatic heterocycles. The Morgan fingerprint density at radius 2 is 1.87 bits per heavy atom. The monoisotopic (exact) mass is 444 g/mol. The van der Waals surface area contributed by atoms with Crippen molar-refractivity contribution >= 4 is 39.2 Å². The van der Waals surface area contributed by atoms with Crippen molar-refractivity contribution in [2.24, 2.45) is 0 Å². The van der Waals surface area contributed by atoms with E-state index in [9.17, 15) is 13.2 Å². The largest absolute Gasteiger partial charge is 0.351 e. The van der Waals surface area contributed by atoms with Crippen molar-refractivity contribution < 1.29 is 13.2 Å². The summed E-state index contributed by atoms with van der Waals surface area (Å²) < 4.78 is 23.3. The lowest BCUT2D eigenvalue weighted by atomic mass is 10.2. The minimum absolute atomic E-state index is 0.00533. The molecule has 4 rings (SSSR count). The Hall–Kier alpha value is -3.11. The molecule has 2 N–H and O–H groups in total. The highest BCUT2D eigenvalue weighted by Crippen LogP contribution is 2.25. The number of amides is 1. The molecular formula is C19H17ClN6O3S. The van der Waals surface area contributed by atoms with Crippen LogP contribution >= 0.6 is 11.6 Å². The summed E-state index contributed by atoms with van der Waals surface area (Å²) in [7, 11) is -3.44. The van der Waals surface area contributed by atoms with Gasteiger partial charge in [0.15, 0.2) is 15.7 Å². The van der Waals surface area contributed by atoms with Gasteiger partial charge < -0.3 is 5.32 Å². The first-order chi connectivity index (χ1) is 14.3. The van der Waals surface area contributed by atoms with Gasteiger partial charge in [0, 0.05) is 18.5 Å². The van der Waals surface area contributed by atoms with Crippen LogP contribution in [0, 0.1) is 0 Å². The van der Waals surface area contributed by atoms with Gasteiger partial charge in [0.1, 0.15) is 5.69 Å². The number of hydrogen-bond acceptors (Lipinski definition) is 8. The van der Waals surface area contributed by atoms with Gasteiger partial charge in [-0.3, -0.25) is 15.1 Å². The molecule has 1 aromatic carbocycles. The molecule has 1 aliphatic carbocycles. The number of nitrogens with zero attached hydrogens (tertiary/aromatic N) is 4. The van der Waals surface area contributed by atoms with E-state index >= 15 is 0 Å². The second kappa shape index (κ2) is 7.96. The zero-order valence-corrected chi connectivity index (χ0v) is 17.4. The fourth-order valence-corrected chi connectivity index (χ4v) is 3.57. The average Bonchev–Trinajstić information content (AvgIpc) is 3.51. The Morgan fingerprint density at radius 3 is 2.50 bits per heavy atom. The SMILES string of the molecule is CS(=O)(=O)c1ccc(C(=O)Nc2nc(NC3CC3)nc(-c3ccccn3)n2)c(Cl)c1. The van der Waals surface area contributed by atoms with Crippen LogP contribution in [-0.2, 0) is 9.84 Å². The van der Waals surface area contributed by atoms with Crippen molar-refractivity contribution in [3.05, 3.63) is 53.2 Å². The van der Waals surface area contributed by atoms with E-state index in [0.717, 1.165) is 19.1 Å². The third-order valence-electron chi connectivity index (χ3n) is 4.28. The van der Waals surface area contributed by atoms with E-state index in [4.69, 9.17) is 11.6 Å². The molecule has 2 heterocycles. The summed E-state index contributed by atoms with van der Waals surface area (Å²) in [4.78, 5) is 29.9. The molecule has 0 unspecified atom stereocenters. The van der Waals surface area contributed by atoms with Gasteiger partial charge in [0.25, 0.3) is 5.91 Å². The van der Waals surface area contributed by atoms with Crippen LogP contribution < -0.4 is 10.6 Å². The maximum absolute atomic E-state index is 12.7. The van der Waals surface area contributed by atoms with Crippen LogP contribution in [-0.4, -0.2) is 46.6 Å². The molecule has 0 radical (unpaired) electrons. The number of benzene rings is 1. The number of pyridine rings is 1. The lowest BCUT2D eigenvalue weighted by molar-refractivity contribution is 0.102. The Kier molecular flexibility index (Phi) is 5.35. The zero-order valence-electron chi connectivity index (χ0n) is 15.8. The highest BCUT2D eigenvalue weighted by atomic mass is 35.5. The lowest BCUT2D eigenvalue weighted by Crippen LogP contribution is -2.17. The normalized spacial score (nSPS) is 13.7. The number of hydrogen-bond donors (Lipinski definition) is 2. The van der Waals surface area contributed by atoms with Gasteiger partial charge in [-0.1, -0.05) is 17.7 Å². The van der Waals surface area contributed by atoms with Crippen LogP contribution in [0.1, 0.15) is 23.2 Å². The summed E-state index contributed by atoms with van der Waals surface area (Å²) in [5.74, 6) is 0.0993. The van der Waals surface area contributed by atoms with Crippen LogP contribution in [0.5, 0.6) is 0 Å². The predicted octanol–water partition coefficient (Wildman–Crippen LogP) is 2.82. The van der Waals surface area contributed by atoms with Gasteiger partial charge in [0.05, 0.1) is 15.5 Å². The van der Waals surface area contributed by atoms with E-state index < -0.39 is 15.7 Å². The van der Waals surface area contributed by atoms with Gasteiger partial charge in [0.2, 0.25) is 11.9 Å². The van der Waals surface area contributed by atoms with Crippen molar-refractivity contribution in [2.75, 3.05) is 16.9 Å². The molecule has 1 aliphatic rings. The molecule has 0 spiro atoms. The molecule has 1 saturated carbocycles. The summed E-state index contributed by atoms with van der Waals surface area (Å²) in [5, 5.41) is 5.78. The van der Waals surface area contributed by atoms with E-state index in [-0.39, 0.29) is 21.4 Å². The molecule has 9 nitrogen and oxygen atoms in total. The number of anilines is 2. The van der Waals surface area contributed by atoms with Gasteiger partial charge >= 0.3 is 0 Å². The van der Waals surface area contributed by atoms with E-state index in [0.29, 0.717) is 23.5 Å². The number of carbonyl (C=O) groups is 1. The molecule has 3 aromatic rings. The smallest absolute Gasteiger partial charge is 0.259 e. The van der Waals surface area contributed by atoms with Crippen molar-refractivity contribution in [1.82, 2.24) is 19.9 Å². The van der Waals surface area contributed by atoms with E-state index in [2.05, 4.69) is 30.6 Å². The number of sulfone groups is 1. The molecule has 0 aliphatic heterocycles. The Balaban J connectivity index is 1.64. The minimum Gasteiger partial charge on any atom is -0.351 e. The van der Waals surface area contributed by atoms with Crippen molar-refractivity contribution in [1.29, 1.82) is 0 Å². The molecule has 30 heavy (non-hydrogen) atoms. The van der Waals surface area contributed by atoms with Gasteiger partial charge in [-0.2, -0.15) is 15.0 Å². The van der Waals surface area contributed by atoms with Crippen LogP contribution in [0.3, 0.4) is 0 Å². The Labute approximate surface area is 177 Å². The highest BCUT2D eigenvalue weighted by molar-refractivity contribution is 7.90. The number of aromatic nitrogens is 4. The van der Waals surface area contributed by atoms with Crippen LogP contribution in [0.15, 0.2) is 47.5 Å². The number of halogens is 1. The first-order valence-corrected chi connectivity index (χ1v) is 11.3. The average molecular weight is 445 g/mol. The molecular weight excluding hydrogens is 428 g/mol. The Morgan fingerprint density at radius 1 is 1.10 bits per heavy atom. The maximum atomic E-state index is 12.7. The second-order valence-corrected chi connectivity index (χ2v) is 9.23. The third-order valence-corrected chi connectivity index (χ3v) is 5.70. The standard InChI is InChI=1S/C19H17ClN6O3S/c1-30(28,29)12-7-8-13(14(20)10-12)17(27)25-19-24-16(15-4-2-3-9-21-15)23-18(26-19)22-11-5-6-11/h2-4,7-11H,5-6H2,1H3,(H2,22,23,24,25,26,27). The molecule has 1 amide bonds. The topological polar surface area (TPSA) is 127 Å². The summed E-state index contributed by atoms with van der Waals surface area (Å²) in [5.41, 5.74) is 0.630. The molecule has 11 heteroatoms. The summed E-state index contributed by atoms with van der Waals surface area (Å²) in [6.07, 6.45) is 4.73. The predicted molar refractivity (Wildman–Crippen MR) is 112 cm³/mol. The second-order valence-electron chi connectivity index (χ2n) is 6.81. The van der Waals surface area contributed by atoms with Gasteiger partial charge in [-0.15, -0.1) is 0 Å². The maximum Gasteiger partial charge on any atom is 0.259 e. The van der Waals surface area contributed by atoms with E-state index in [1.807, 2.05) is 6.07 Å². The quantitative estimate of drug-likeness (QED) is 0.594. The van der Waals surface area contributed by atoms with Crippen LogP contribution in [0.25, 0.3) is 11.5 Å². The van der Waals surface area contributed by atoms with Crippen molar-refractivity contribution in [2.45, 2.75) is 23.8 Å². The first kappa shape index (κ1) is 20.2. The first-order valence-electron chi connectivity index (χ1n) is 9.04. The van der Waals surface area contributed by atoms with Crippen LogP contribution in [0.2, 0.25) is 5.02 Å². The third kappa shape index (κ3) is 4.71. The lowest BCUT2D eigenvalue weighted by Gasteiger charge is -2.10. The van der Waals surface area contributed by atoms with Crippen molar-refractivity contribution in [3.63, 3.8) is 0 Å². The zero-order chi connectivity index (χ0) is 21.3. The van der Waals surface area contributed by atoms with Gasteiger partial charge in [-0.05, 0) is 43.2 Å². The fourth-order valence-electron chi connectivity index (χ4n) is 2.60. The number of rotatable bonds is 6. The van der Waals surface area contributed by atoms with Crippen LogP contribution in [0.4, 0.5) is 11.9 Å². The molecule has 154 valence electrons. The molecule has 0 atom stereocenters. The molecule has 1 fully saturated rings. The minimum atomic E-state index is -3.44. The fraction of sp³-hybridized carbons (Fsp3) is 0.211.